The highest BCUT2D eigenvalue weighted by Gasteiger charge is 2.55. The minimum absolute atomic E-state index is 0.107. The molecule has 1 atom stereocenters. The van der Waals surface area contributed by atoms with Crippen LogP contribution in [-0.4, -0.2) is 24.0 Å². The van der Waals surface area contributed by atoms with E-state index >= 15 is 0 Å². The van der Waals surface area contributed by atoms with Crippen LogP contribution >= 0.6 is 11.6 Å². The van der Waals surface area contributed by atoms with Gasteiger partial charge in [-0.25, -0.2) is 0 Å². The molecule has 0 radical (unpaired) electrons. The van der Waals surface area contributed by atoms with Crippen LogP contribution in [0.2, 0.25) is 5.02 Å². The van der Waals surface area contributed by atoms with Crippen molar-refractivity contribution in [2.24, 2.45) is 5.92 Å². The predicted molar refractivity (Wildman–Crippen MR) is 109 cm³/mol. The average molecular weight is 380 g/mol. The van der Waals surface area contributed by atoms with Crippen LogP contribution in [0, 0.1) is 5.92 Å². The molecule has 1 amide bonds. The lowest BCUT2D eigenvalue weighted by Crippen LogP contribution is -2.55. The van der Waals surface area contributed by atoms with Crippen LogP contribution in [0.3, 0.4) is 0 Å². The number of aromatic nitrogens is 1. The number of H-pyrrole nitrogens is 1. The van der Waals surface area contributed by atoms with E-state index in [9.17, 15) is 4.79 Å². The van der Waals surface area contributed by atoms with Crippen LogP contribution in [0.4, 0.5) is 5.69 Å². The van der Waals surface area contributed by atoms with Crippen LogP contribution in [-0.2, 0) is 16.8 Å². The third kappa shape index (κ3) is 2.23. The highest BCUT2D eigenvalue weighted by molar-refractivity contribution is 6.31. The smallest absolute Gasteiger partial charge is 0.258 e. The number of rotatable bonds is 2. The Kier molecular flexibility index (Phi) is 3.65. The van der Waals surface area contributed by atoms with E-state index in [-0.39, 0.29) is 5.91 Å². The van der Waals surface area contributed by atoms with Gasteiger partial charge in [0.1, 0.15) is 0 Å². The number of carbonyl (C=O) groups excluding carboxylic acids is 1. The van der Waals surface area contributed by atoms with Gasteiger partial charge in [0, 0.05) is 40.3 Å². The topological polar surface area (TPSA) is 48.1 Å². The quantitative estimate of drug-likeness (QED) is 0.700. The molecule has 1 spiro atoms. The Bertz CT molecular complexity index is 1070. The molecule has 1 aromatic heterocycles. The summed E-state index contributed by atoms with van der Waals surface area (Å²) >= 11 is 6.25. The van der Waals surface area contributed by atoms with Gasteiger partial charge in [0.2, 0.25) is 0 Å². The molecule has 3 aromatic rings. The van der Waals surface area contributed by atoms with Gasteiger partial charge in [0.25, 0.3) is 5.91 Å². The van der Waals surface area contributed by atoms with Crippen molar-refractivity contribution in [2.45, 2.75) is 25.8 Å². The molecule has 5 rings (SSSR count). The van der Waals surface area contributed by atoms with Gasteiger partial charge >= 0.3 is 0 Å². The second kappa shape index (κ2) is 5.85. The molecule has 0 aliphatic carbocycles. The normalized spacial score (nSPS) is 21.3. The molecule has 0 saturated carbocycles. The first kappa shape index (κ1) is 16.8. The van der Waals surface area contributed by atoms with E-state index < -0.39 is 5.54 Å². The van der Waals surface area contributed by atoms with Crippen molar-refractivity contribution in [1.29, 1.82) is 0 Å². The zero-order valence-corrected chi connectivity index (χ0v) is 16.2. The summed E-state index contributed by atoms with van der Waals surface area (Å²) in [7, 11) is 0. The number of nitrogens with one attached hydrogen (secondary N) is 2. The molecular weight excluding hydrogens is 358 g/mol. The van der Waals surface area contributed by atoms with Gasteiger partial charge in [-0.15, -0.1) is 0 Å². The van der Waals surface area contributed by atoms with Crippen LogP contribution in [0.1, 0.15) is 30.7 Å². The molecule has 2 N–H and O–H groups in total. The predicted octanol–water partition coefficient (Wildman–Crippen LogP) is 4.21. The standard InChI is InChI=1S/C22H22ClN3O/c1-13(2)12-26-19-6-4-3-5-17(19)22(21(26)27)20-15(9-10-24-22)16-11-14(23)7-8-18(16)25-20/h3-8,11,13,24-25H,9-10,12H2,1-2H3/t22-/m1/s1. The number of hydrogen-bond acceptors (Lipinski definition) is 2. The number of nitrogens with zero attached hydrogens (tertiary/aromatic N) is 1. The number of amides is 1. The maximum absolute atomic E-state index is 13.8. The Balaban J connectivity index is 1.79. The van der Waals surface area contributed by atoms with E-state index in [2.05, 4.69) is 36.3 Å². The Morgan fingerprint density at radius 2 is 2.04 bits per heavy atom. The van der Waals surface area contributed by atoms with E-state index in [4.69, 9.17) is 11.6 Å². The van der Waals surface area contributed by atoms with Gasteiger partial charge in [-0.3, -0.25) is 10.1 Å². The average Bonchev–Trinajstić information content (AvgIpc) is 3.13. The van der Waals surface area contributed by atoms with Crippen LogP contribution in [0.15, 0.2) is 42.5 Å². The van der Waals surface area contributed by atoms with Crippen molar-refractivity contribution in [3.63, 3.8) is 0 Å². The zero-order valence-electron chi connectivity index (χ0n) is 15.5. The molecule has 0 fully saturated rings. The summed E-state index contributed by atoms with van der Waals surface area (Å²) in [6, 6.07) is 14.0. The van der Waals surface area contributed by atoms with Crippen LogP contribution in [0.25, 0.3) is 10.9 Å². The number of benzene rings is 2. The number of aromatic amines is 1. The summed E-state index contributed by atoms with van der Waals surface area (Å²) in [5.41, 5.74) is 4.39. The highest BCUT2D eigenvalue weighted by atomic mass is 35.5. The number of anilines is 1. The largest absolute Gasteiger partial charge is 0.356 e. The Labute approximate surface area is 163 Å². The monoisotopic (exact) mass is 379 g/mol. The first-order valence-electron chi connectivity index (χ1n) is 9.49. The summed E-state index contributed by atoms with van der Waals surface area (Å²) in [5, 5.41) is 5.42. The minimum atomic E-state index is -0.843. The molecule has 3 heterocycles. The molecule has 27 heavy (non-hydrogen) atoms. The van der Waals surface area contributed by atoms with Crippen molar-refractivity contribution < 1.29 is 4.79 Å². The molecule has 138 valence electrons. The number of halogens is 1. The molecular formula is C22H22ClN3O. The van der Waals surface area contributed by atoms with Crippen molar-refractivity contribution >= 4 is 34.1 Å². The van der Waals surface area contributed by atoms with Crippen molar-refractivity contribution in [2.75, 3.05) is 18.0 Å². The molecule has 5 heteroatoms. The first-order chi connectivity index (χ1) is 13.0. The third-order valence-corrected chi connectivity index (χ3v) is 5.96. The summed E-state index contributed by atoms with van der Waals surface area (Å²) in [4.78, 5) is 19.3. The van der Waals surface area contributed by atoms with Gasteiger partial charge in [-0.05, 0) is 42.2 Å². The Morgan fingerprint density at radius 3 is 2.85 bits per heavy atom. The lowest BCUT2D eigenvalue weighted by molar-refractivity contribution is -0.123. The minimum Gasteiger partial charge on any atom is -0.356 e. The Hall–Kier alpha value is -2.30. The van der Waals surface area contributed by atoms with Crippen LogP contribution < -0.4 is 10.2 Å². The van der Waals surface area contributed by atoms with Crippen molar-refractivity contribution in [3.05, 3.63) is 64.3 Å². The number of hydrogen-bond donors (Lipinski definition) is 2. The summed E-state index contributed by atoms with van der Waals surface area (Å²) in [6.45, 7) is 5.75. The van der Waals surface area contributed by atoms with E-state index in [1.807, 2.05) is 35.2 Å². The molecule has 4 nitrogen and oxygen atoms in total. The first-order valence-corrected chi connectivity index (χ1v) is 9.87. The fourth-order valence-electron chi connectivity index (χ4n) is 4.68. The second-order valence-electron chi connectivity index (χ2n) is 7.92. The highest BCUT2D eigenvalue weighted by Crippen LogP contribution is 2.48. The number of fused-ring (bicyclic) bond motifs is 6. The SMILES string of the molecule is CC(C)CN1C(=O)[C@@]2(NCCc3c2[nH]c2ccc(Cl)cc32)c2ccccc21. The van der Waals surface area contributed by atoms with Crippen molar-refractivity contribution in [3.8, 4) is 0 Å². The van der Waals surface area contributed by atoms with E-state index in [0.29, 0.717) is 12.5 Å². The van der Waals surface area contributed by atoms with E-state index in [0.717, 1.165) is 45.8 Å². The summed E-state index contributed by atoms with van der Waals surface area (Å²) in [5.74, 6) is 0.498. The second-order valence-corrected chi connectivity index (χ2v) is 8.36. The molecule has 2 aliphatic heterocycles. The van der Waals surface area contributed by atoms with Crippen LogP contribution in [0.5, 0.6) is 0 Å². The molecule has 0 unspecified atom stereocenters. The number of para-hydroxylation sites is 1. The maximum Gasteiger partial charge on any atom is 0.258 e. The maximum atomic E-state index is 13.8. The zero-order chi connectivity index (χ0) is 18.8. The Morgan fingerprint density at radius 1 is 1.22 bits per heavy atom. The molecule has 2 aliphatic rings. The lowest BCUT2D eigenvalue weighted by Gasteiger charge is -2.34. The summed E-state index contributed by atoms with van der Waals surface area (Å²) < 4.78 is 0. The van der Waals surface area contributed by atoms with Gasteiger partial charge in [0.05, 0.1) is 5.69 Å². The summed E-state index contributed by atoms with van der Waals surface area (Å²) in [6.07, 6.45) is 0.872. The van der Waals surface area contributed by atoms with Gasteiger partial charge in [-0.2, -0.15) is 0 Å². The van der Waals surface area contributed by atoms with Gasteiger partial charge < -0.3 is 9.88 Å². The van der Waals surface area contributed by atoms with E-state index in [1.165, 1.54) is 5.56 Å². The molecule has 0 bridgehead atoms. The van der Waals surface area contributed by atoms with Crippen molar-refractivity contribution in [1.82, 2.24) is 10.3 Å². The van der Waals surface area contributed by atoms with Gasteiger partial charge in [0.15, 0.2) is 5.54 Å². The number of carbonyl (C=O) groups is 1. The fourth-order valence-corrected chi connectivity index (χ4v) is 4.85. The lowest BCUT2D eigenvalue weighted by atomic mass is 9.82. The fraction of sp³-hybridized carbons (Fsp3) is 0.318. The third-order valence-electron chi connectivity index (χ3n) is 5.72. The van der Waals surface area contributed by atoms with Gasteiger partial charge in [-0.1, -0.05) is 43.6 Å². The molecule has 2 aromatic carbocycles. The van der Waals surface area contributed by atoms with E-state index in [1.54, 1.807) is 0 Å². The molecule has 0 saturated heterocycles.